The van der Waals surface area contributed by atoms with Gasteiger partial charge in [-0.25, -0.2) is 0 Å². The number of benzene rings is 4. The molecule has 0 saturated heterocycles. The SMILES string of the molecule is COc1ccc(O)c(CN[C@H](c2ccccc2)[C@H](NCc2cc(OC)ccc2O)c2ccccc2)c1. The first-order valence-corrected chi connectivity index (χ1v) is 11.9. The van der Waals surface area contributed by atoms with E-state index < -0.39 is 0 Å². The third-order valence-corrected chi connectivity index (χ3v) is 6.25. The Kier molecular flexibility index (Phi) is 8.44. The predicted octanol–water partition coefficient (Wildman–Crippen LogP) is 5.48. The van der Waals surface area contributed by atoms with Crippen LogP contribution in [-0.2, 0) is 13.1 Å². The van der Waals surface area contributed by atoms with Crippen LogP contribution in [0.3, 0.4) is 0 Å². The molecule has 0 unspecified atom stereocenters. The van der Waals surface area contributed by atoms with Crippen LogP contribution in [-0.4, -0.2) is 24.4 Å². The van der Waals surface area contributed by atoms with E-state index in [4.69, 9.17) is 9.47 Å². The van der Waals surface area contributed by atoms with E-state index in [1.54, 1.807) is 38.5 Å². The van der Waals surface area contributed by atoms with Crippen LogP contribution < -0.4 is 20.1 Å². The predicted molar refractivity (Wildman–Crippen MR) is 141 cm³/mol. The number of hydrogen-bond acceptors (Lipinski definition) is 6. The molecule has 0 fully saturated rings. The maximum atomic E-state index is 10.5. The number of rotatable bonds is 11. The first-order valence-electron chi connectivity index (χ1n) is 11.9. The minimum atomic E-state index is -0.146. The average Bonchev–Trinajstić information content (AvgIpc) is 2.93. The highest BCUT2D eigenvalue weighted by Gasteiger charge is 2.25. The summed E-state index contributed by atoms with van der Waals surface area (Å²) in [6.07, 6.45) is 0. The van der Waals surface area contributed by atoms with Gasteiger partial charge < -0.3 is 30.3 Å². The molecule has 0 amide bonds. The maximum Gasteiger partial charge on any atom is 0.120 e. The zero-order chi connectivity index (χ0) is 25.3. The summed E-state index contributed by atoms with van der Waals surface area (Å²) in [6, 6.07) is 30.6. The fraction of sp³-hybridized carbons (Fsp3) is 0.200. The van der Waals surface area contributed by atoms with Gasteiger partial charge in [0.25, 0.3) is 0 Å². The van der Waals surface area contributed by atoms with Crippen LogP contribution in [0.5, 0.6) is 23.0 Å². The molecule has 0 aromatic heterocycles. The van der Waals surface area contributed by atoms with Gasteiger partial charge in [-0.3, -0.25) is 0 Å². The number of phenols is 2. The molecular formula is C30H32N2O4. The van der Waals surface area contributed by atoms with Crippen molar-refractivity contribution in [3.8, 4) is 23.0 Å². The summed E-state index contributed by atoms with van der Waals surface area (Å²) in [5, 5.41) is 28.2. The number of ether oxygens (including phenoxy) is 2. The van der Waals surface area contributed by atoms with Gasteiger partial charge in [-0.2, -0.15) is 0 Å². The molecular weight excluding hydrogens is 452 g/mol. The third kappa shape index (κ3) is 6.16. The fourth-order valence-electron chi connectivity index (χ4n) is 4.28. The number of hydrogen-bond donors (Lipinski definition) is 4. The van der Waals surface area contributed by atoms with Crippen LogP contribution in [0.1, 0.15) is 34.3 Å². The first kappa shape index (κ1) is 25.1. The molecule has 4 rings (SSSR count). The molecule has 0 bridgehead atoms. The summed E-state index contributed by atoms with van der Waals surface area (Å²) >= 11 is 0. The van der Waals surface area contributed by atoms with Crippen LogP contribution in [0.15, 0.2) is 97.1 Å². The van der Waals surface area contributed by atoms with E-state index in [1.807, 2.05) is 48.5 Å². The Labute approximate surface area is 212 Å². The molecule has 0 aliphatic rings. The second kappa shape index (κ2) is 12.1. The van der Waals surface area contributed by atoms with Crippen molar-refractivity contribution in [2.24, 2.45) is 0 Å². The van der Waals surface area contributed by atoms with Crippen molar-refractivity contribution >= 4 is 0 Å². The summed E-state index contributed by atoms with van der Waals surface area (Å²) < 4.78 is 10.7. The zero-order valence-electron chi connectivity index (χ0n) is 20.5. The van der Waals surface area contributed by atoms with Gasteiger partial charge in [-0.15, -0.1) is 0 Å². The third-order valence-electron chi connectivity index (χ3n) is 6.25. The lowest BCUT2D eigenvalue weighted by Crippen LogP contribution is -2.35. The standard InChI is InChI=1S/C30H32N2O4/c1-35-25-13-15-27(33)23(17-25)19-31-29(21-9-5-3-6-10-21)30(22-11-7-4-8-12-22)32-20-24-18-26(36-2)14-16-28(24)34/h3-18,29-34H,19-20H2,1-2H3/t29-,30-/m1/s1. The van der Waals surface area contributed by atoms with E-state index in [9.17, 15) is 10.2 Å². The molecule has 4 aromatic rings. The molecule has 0 radical (unpaired) electrons. The van der Waals surface area contributed by atoms with Gasteiger partial charge in [0.1, 0.15) is 23.0 Å². The van der Waals surface area contributed by atoms with Crippen LogP contribution in [0.25, 0.3) is 0 Å². The summed E-state index contributed by atoms with van der Waals surface area (Å²) in [6.45, 7) is 0.857. The number of aromatic hydroxyl groups is 2. The van der Waals surface area contributed by atoms with Crippen LogP contribution in [0.2, 0.25) is 0 Å². The molecule has 4 aromatic carbocycles. The Morgan fingerprint density at radius 2 is 0.972 bits per heavy atom. The Hall–Kier alpha value is -4.00. The minimum Gasteiger partial charge on any atom is -0.508 e. The van der Waals surface area contributed by atoms with E-state index in [0.717, 1.165) is 22.3 Å². The van der Waals surface area contributed by atoms with Gasteiger partial charge in [0, 0.05) is 24.2 Å². The molecule has 6 nitrogen and oxygen atoms in total. The summed E-state index contributed by atoms with van der Waals surface area (Å²) in [4.78, 5) is 0. The van der Waals surface area contributed by atoms with Gasteiger partial charge in [-0.05, 0) is 47.5 Å². The fourth-order valence-corrected chi connectivity index (χ4v) is 4.28. The van der Waals surface area contributed by atoms with Crippen molar-refractivity contribution in [2.75, 3.05) is 14.2 Å². The van der Waals surface area contributed by atoms with Crippen molar-refractivity contribution < 1.29 is 19.7 Å². The lowest BCUT2D eigenvalue weighted by molar-refractivity contribution is 0.370. The Bertz CT molecular complexity index is 1150. The molecule has 0 spiro atoms. The Morgan fingerprint density at radius 3 is 1.33 bits per heavy atom. The molecule has 4 N–H and O–H groups in total. The largest absolute Gasteiger partial charge is 0.508 e. The smallest absolute Gasteiger partial charge is 0.120 e. The Balaban J connectivity index is 1.67. The van der Waals surface area contributed by atoms with E-state index in [-0.39, 0.29) is 23.6 Å². The molecule has 186 valence electrons. The van der Waals surface area contributed by atoms with Gasteiger partial charge >= 0.3 is 0 Å². The quantitative estimate of drug-likeness (QED) is 0.226. The topological polar surface area (TPSA) is 83.0 Å². The second-order valence-corrected chi connectivity index (χ2v) is 8.53. The number of methoxy groups -OCH3 is 2. The van der Waals surface area contributed by atoms with Gasteiger partial charge in [0.2, 0.25) is 0 Å². The van der Waals surface area contributed by atoms with E-state index in [0.29, 0.717) is 24.6 Å². The molecule has 0 aliphatic heterocycles. The number of nitrogens with one attached hydrogen (secondary N) is 2. The minimum absolute atomic E-state index is 0.146. The average molecular weight is 485 g/mol. The highest BCUT2D eigenvalue weighted by atomic mass is 16.5. The molecule has 36 heavy (non-hydrogen) atoms. The van der Waals surface area contributed by atoms with Crippen molar-refractivity contribution in [1.29, 1.82) is 0 Å². The van der Waals surface area contributed by atoms with Gasteiger partial charge in [0.15, 0.2) is 0 Å². The second-order valence-electron chi connectivity index (χ2n) is 8.53. The Morgan fingerprint density at radius 1 is 0.583 bits per heavy atom. The monoisotopic (exact) mass is 484 g/mol. The lowest BCUT2D eigenvalue weighted by Gasteiger charge is -2.31. The van der Waals surface area contributed by atoms with Crippen LogP contribution >= 0.6 is 0 Å². The summed E-state index contributed by atoms with van der Waals surface area (Å²) in [5.41, 5.74) is 3.67. The van der Waals surface area contributed by atoms with E-state index in [1.165, 1.54) is 0 Å². The van der Waals surface area contributed by atoms with Crippen LogP contribution in [0, 0.1) is 0 Å². The van der Waals surface area contributed by atoms with Gasteiger partial charge in [0.05, 0.1) is 26.3 Å². The van der Waals surface area contributed by atoms with Crippen molar-refractivity contribution in [2.45, 2.75) is 25.2 Å². The highest BCUT2D eigenvalue weighted by Crippen LogP contribution is 2.32. The van der Waals surface area contributed by atoms with Crippen molar-refractivity contribution in [1.82, 2.24) is 10.6 Å². The van der Waals surface area contributed by atoms with E-state index >= 15 is 0 Å². The molecule has 0 saturated carbocycles. The van der Waals surface area contributed by atoms with Crippen LogP contribution in [0.4, 0.5) is 0 Å². The molecule has 0 heterocycles. The molecule has 0 aliphatic carbocycles. The first-order chi connectivity index (χ1) is 17.6. The summed E-state index contributed by atoms with van der Waals surface area (Å²) in [5.74, 6) is 1.79. The zero-order valence-corrected chi connectivity index (χ0v) is 20.5. The van der Waals surface area contributed by atoms with Gasteiger partial charge in [-0.1, -0.05) is 60.7 Å². The maximum absolute atomic E-state index is 10.5. The summed E-state index contributed by atoms with van der Waals surface area (Å²) in [7, 11) is 3.22. The van der Waals surface area contributed by atoms with Crippen molar-refractivity contribution in [3.63, 3.8) is 0 Å². The van der Waals surface area contributed by atoms with E-state index in [2.05, 4.69) is 34.9 Å². The van der Waals surface area contributed by atoms with Crippen molar-refractivity contribution in [3.05, 3.63) is 119 Å². The molecule has 2 atom stereocenters. The number of phenolic OH excluding ortho intramolecular Hbond substituents is 2. The normalized spacial score (nSPS) is 12.6. The lowest BCUT2D eigenvalue weighted by atomic mass is 9.92. The molecule has 6 heteroatoms. The highest BCUT2D eigenvalue weighted by molar-refractivity contribution is 5.41.